The van der Waals surface area contributed by atoms with Gasteiger partial charge in [-0.2, -0.15) is 0 Å². The van der Waals surface area contributed by atoms with Gasteiger partial charge in [0.1, 0.15) is 0 Å². The number of benzene rings is 2. The van der Waals surface area contributed by atoms with Crippen LogP contribution in [0.5, 0.6) is 0 Å². The Bertz CT molecular complexity index is 474. The fourth-order valence-electron chi connectivity index (χ4n) is 1.43. The molecule has 0 fully saturated rings. The summed E-state index contributed by atoms with van der Waals surface area (Å²) in [7, 11) is 1.44. The molecular weight excluding hydrogens is 196 g/mol. The van der Waals surface area contributed by atoms with Crippen molar-refractivity contribution in [2.45, 2.75) is 4.90 Å². The molecule has 0 heterocycles. The van der Waals surface area contributed by atoms with Crippen molar-refractivity contribution in [3.8, 4) is 0 Å². The van der Waals surface area contributed by atoms with E-state index in [1.807, 2.05) is 42.5 Å². The summed E-state index contributed by atoms with van der Waals surface area (Å²) < 4.78 is 16.3. The molecule has 3 heteroatoms. The summed E-state index contributed by atoms with van der Waals surface area (Å²) in [6.45, 7) is 0. The molecule has 0 radical (unpaired) electrons. The van der Waals surface area contributed by atoms with E-state index >= 15 is 0 Å². The summed E-state index contributed by atoms with van der Waals surface area (Å²) in [6, 6.07) is 13.5. The fraction of sp³-hybridized carbons (Fsp3) is 0.0909. The van der Waals surface area contributed by atoms with E-state index in [1.54, 1.807) is 0 Å². The van der Waals surface area contributed by atoms with Crippen molar-refractivity contribution in [2.75, 3.05) is 7.11 Å². The van der Waals surface area contributed by atoms with Crippen molar-refractivity contribution >= 4 is 21.9 Å². The molecule has 1 atom stereocenters. The first-order chi connectivity index (χ1) is 6.83. The van der Waals surface area contributed by atoms with Crippen LogP contribution in [-0.2, 0) is 15.3 Å². The average molecular weight is 206 g/mol. The van der Waals surface area contributed by atoms with Crippen molar-refractivity contribution in [1.82, 2.24) is 0 Å². The predicted molar refractivity (Wildman–Crippen MR) is 57.4 cm³/mol. The molecule has 2 rings (SSSR count). The summed E-state index contributed by atoms with van der Waals surface area (Å²) in [5.41, 5.74) is 0. The molecule has 0 aliphatic rings. The van der Waals surface area contributed by atoms with Crippen molar-refractivity contribution in [2.24, 2.45) is 0 Å². The van der Waals surface area contributed by atoms with Crippen molar-refractivity contribution in [3.63, 3.8) is 0 Å². The van der Waals surface area contributed by atoms with Gasteiger partial charge in [-0.15, -0.1) is 0 Å². The second-order valence-corrected chi connectivity index (χ2v) is 4.12. The second kappa shape index (κ2) is 3.90. The third-order valence-corrected chi connectivity index (χ3v) is 3.10. The van der Waals surface area contributed by atoms with Gasteiger partial charge in [0.25, 0.3) is 0 Å². The largest absolute Gasteiger partial charge is 0.290 e. The zero-order valence-corrected chi connectivity index (χ0v) is 8.58. The van der Waals surface area contributed by atoms with Crippen molar-refractivity contribution in [3.05, 3.63) is 42.5 Å². The zero-order valence-electron chi connectivity index (χ0n) is 7.77. The van der Waals surface area contributed by atoms with Gasteiger partial charge in [0.05, 0.1) is 12.0 Å². The lowest BCUT2D eigenvalue weighted by Crippen LogP contribution is -1.93. The second-order valence-electron chi connectivity index (χ2n) is 2.88. The molecule has 1 unspecified atom stereocenters. The summed E-state index contributed by atoms with van der Waals surface area (Å²) in [5, 5.41) is 2.06. The minimum atomic E-state index is -1.36. The SMILES string of the molecule is COS(=O)c1cccc2ccccc12. The first kappa shape index (κ1) is 9.37. The molecule has 0 saturated heterocycles. The topological polar surface area (TPSA) is 26.3 Å². The van der Waals surface area contributed by atoms with Crippen LogP contribution in [0.3, 0.4) is 0 Å². The standard InChI is InChI=1S/C11H10O2S/c1-13-14(12)11-8-4-6-9-5-2-3-7-10(9)11/h2-8H,1H3. The van der Waals surface area contributed by atoms with Crippen molar-refractivity contribution < 1.29 is 8.39 Å². The molecule has 0 aromatic heterocycles. The van der Waals surface area contributed by atoms with Crippen LogP contribution >= 0.6 is 0 Å². The molecule has 0 bridgehead atoms. The highest BCUT2D eigenvalue weighted by Gasteiger charge is 2.06. The number of rotatable bonds is 2. The molecule has 2 aromatic carbocycles. The average Bonchev–Trinajstić information content (AvgIpc) is 2.27. The molecule has 2 nitrogen and oxygen atoms in total. The monoisotopic (exact) mass is 206 g/mol. The number of hydrogen-bond donors (Lipinski definition) is 0. The molecule has 0 aliphatic heterocycles. The Morgan fingerprint density at radius 1 is 1.07 bits per heavy atom. The first-order valence-electron chi connectivity index (χ1n) is 4.27. The predicted octanol–water partition coefficient (Wildman–Crippen LogP) is 2.51. The lowest BCUT2D eigenvalue weighted by atomic mass is 10.1. The highest BCUT2D eigenvalue weighted by molar-refractivity contribution is 7.80. The Kier molecular flexibility index (Phi) is 2.61. The summed E-state index contributed by atoms with van der Waals surface area (Å²) in [4.78, 5) is 0.727. The van der Waals surface area contributed by atoms with Crippen LogP contribution < -0.4 is 0 Å². The molecule has 72 valence electrons. The normalized spacial score (nSPS) is 12.9. The van der Waals surface area contributed by atoms with Crippen LogP contribution in [-0.4, -0.2) is 11.3 Å². The maximum absolute atomic E-state index is 11.5. The summed E-state index contributed by atoms with van der Waals surface area (Å²) in [6.07, 6.45) is 0. The van der Waals surface area contributed by atoms with Gasteiger partial charge < -0.3 is 0 Å². The van der Waals surface area contributed by atoms with Gasteiger partial charge in [-0.3, -0.25) is 4.18 Å². The van der Waals surface area contributed by atoms with E-state index in [2.05, 4.69) is 0 Å². The molecule has 0 N–H and O–H groups in total. The third kappa shape index (κ3) is 1.56. The Hall–Kier alpha value is -1.19. The fourth-order valence-corrected chi connectivity index (χ4v) is 2.17. The Balaban J connectivity index is 2.71. The summed E-state index contributed by atoms with van der Waals surface area (Å²) >= 11 is -1.36. The smallest absolute Gasteiger partial charge is 0.189 e. The van der Waals surface area contributed by atoms with Gasteiger partial charge in [-0.1, -0.05) is 36.4 Å². The Morgan fingerprint density at radius 3 is 2.57 bits per heavy atom. The molecule has 14 heavy (non-hydrogen) atoms. The van der Waals surface area contributed by atoms with Crippen LogP contribution in [0, 0.1) is 0 Å². The van der Waals surface area contributed by atoms with Gasteiger partial charge in [0, 0.05) is 5.39 Å². The molecule has 0 saturated carbocycles. The molecule has 2 aromatic rings. The van der Waals surface area contributed by atoms with E-state index in [0.29, 0.717) is 0 Å². The maximum atomic E-state index is 11.5. The molecule has 0 aliphatic carbocycles. The number of hydrogen-bond acceptors (Lipinski definition) is 2. The Morgan fingerprint density at radius 2 is 1.79 bits per heavy atom. The minimum absolute atomic E-state index is 0.727. The summed E-state index contributed by atoms with van der Waals surface area (Å²) in [5.74, 6) is 0. The van der Waals surface area contributed by atoms with E-state index in [0.717, 1.165) is 15.7 Å². The van der Waals surface area contributed by atoms with E-state index in [4.69, 9.17) is 4.18 Å². The van der Waals surface area contributed by atoms with Crippen LogP contribution in [0.1, 0.15) is 0 Å². The minimum Gasteiger partial charge on any atom is -0.290 e. The third-order valence-electron chi connectivity index (χ3n) is 2.08. The van der Waals surface area contributed by atoms with Crippen LogP contribution in [0.15, 0.2) is 47.4 Å². The highest BCUT2D eigenvalue weighted by atomic mass is 32.2. The van der Waals surface area contributed by atoms with Gasteiger partial charge >= 0.3 is 0 Å². The molecule has 0 spiro atoms. The van der Waals surface area contributed by atoms with Gasteiger partial charge in [-0.05, 0) is 11.5 Å². The van der Waals surface area contributed by atoms with Gasteiger partial charge in [-0.25, -0.2) is 4.21 Å². The quantitative estimate of drug-likeness (QED) is 0.754. The van der Waals surface area contributed by atoms with E-state index < -0.39 is 11.1 Å². The lowest BCUT2D eigenvalue weighted by molar-refractivity contribution is 0.446. The van der Waals surface area contributed by atoms with Crippen LogP contribution in [0.25, 0.3) is 10.8 Å². The molecular formula is C11H10O2S. The van der Waals surface area contributed by atoms with Crippen LogP contribution in [0.4, 0.5) is 0 Å². The van der Waals surface area contributed by atoms with Gasteiger partial charge in [0.15, 0.2) is 11.1 Å². The Labute approximate surface area is 85.2 Å². The number of fused-ring (bicyclic) bond motifs is 1. The first-order valence-corrected chi connectivity index (χ1v) is 5.34. The van der Waals surface area contributed by atoms with E-state index in [-0.39, 0.29) is 0 Å². The molecule has 0 amide bonds. The van der Waals surface area contributed by atoms with E-state index in [1.165, 1.54) is 7.11 Å². The van der Waals surface area contributed by atoms with E-state index in [9.17, 15) is 4.21 Å². The lowest BCUT2D eigenvalue weighted by Gasteiger charge is -2.03. The highest BCUT2D eigenvalue weighted by Crippen LogP contribution is 2.21. The van der Waals surface area contributed by atoms with Crippen LogP contribution in [0.2, 0.25) is 0 Å². The maximum Gasteiger partial charge on any atom is 0.189 e. The van der Waals surface area contributed by atoms with Crippen molar-refractivity contribution in [1.29, 1.82) is 0 Å². The van der Waals surface area contributed by atoms with Gasteiger partial charge in [0.2, 0.25) is 0 Å². The zero-order chi connectivity index (χ0) is 9.97.